The minimum Gasteiger partial charge on any atom is -0.497 e. The Labute approximate surface area is 157 Å². The number of ether oxygens (including phenoxy) is 3. The molecule has 0 aliphatic rings. The van der Waals surface area contributed by atoms with E-state index in [9.17, 15) is 14.7 Å². The lowest BCUT2D eigenvalue weighted by Gasteiger charge is -2.14. The number of amides is 1. The highest BCUT2D eigenvalue weighted by atomic mass is 16.5. The SMILES string of the molecule is COc1ccc(OC)c(CC(=O)Nc2ccc(OC(C)C)cc2C(=O)O)c1. The number of carbonyl (C=O) groups excluding carboxylic acids is 1. The van der Waals surface area contributed by atoms with E-state index >= 15 is 0 Å². The third-order valence-electron chi connectivity index (χ3n) is 3.71. The molecule has 0 spiro atoms. The zero-order valence-electron chi connectivity index (χ0n) is 15.7. The molecular weight excluding hydrogens is 350 g/mol. The van der Waals surface area contributed by atoms with Gasteiger partial charge in [0.25, 0.3) is 0 Å². The second kappa shape index (κ2) is 8.93. The van der Waals surface area contributed by atoms with Crippen LogP contribution in [0.15, 0.2) is 36.4 Å². The van der Waals surface area contributed by atoms with Crippen LogP contribution in [-0.4, -0.2) is 37.3 Å². The molecular formula is C20H23NO6. The number of methoxy groups -OCH3 is 2. The first kappa shape index (κ1) is 20.1. The van der Waals surface area contributed by atoms with Gasteiger partial charge in [0.15, 0.2) is 0 Å². The van der Waals surface area contributed by atoms with E-state index in [0.29, 0.717) is 22.8 Å². The van der Waals surface area contributed by atoms with Crippen molar-refractivity contribution in [3.63, 3.8) is 0 Å². The topological polar surface area (TPSA) is 94.1 Å². The summed E-state index contributed by atoms with van der Waals surface area (Å²) in [6.07, 6.45) is -0.0865. The van der Waals surface area contributed by atoms with Gasteiger partial charge in [0.2, 0.25) is 5.91 Å². The first-order valence-electron chi connectivity index (χ1n) is 8.38. The molecule has 27 heavy (non-hydrogen) atoms. The molecule has 7 nitrogen and oxygen atoms in total. The molecule has 0 bridgehead atoms. The van der Waals surface area contributed by atoms with Crippen molar-refractivity contribution < 1.29 is 28.9 Å². The van der Waals surface area contributed by atoms with E-state index < -0.39 is 5.97 Å². The summed E-state index contributed by atoms with van der Waals surface area (Å²) in [5, 5.41) is 12.1. The van der Waals surface area contributed by atoms with Gasteiger partial charge in [0, 0.05) is 5.56 Å². The zero-order chi connectivity index (χ0) is 20.0. The second-order valence-corrected chi connectivity index (χ2v) is 6.08. The zero-order valence-corrected chi connectivity index (χ0v) is 15.7. The van der Waals surface area contributed by atoms with Crippen molar-refractivity contribution in [2.24, 2.45) is 0 Å². The Morgan fingerprint density at radius 1 is 1.04 bits per heavy atom. The van der Waals surface area contributed by atoms with Crippen LogP contribution in [0.2, 0.25) is 0 Å². The fraction of sp³-hybridized carbons (Fsp3) is 0.300. The van der Waals surface area contributed by atoms with E-state index in [2.05, 4.69) is 5.32 Å². The summed E-state index contributed by atoms with van der Waals surface area (Å²) in [4.78, 5) is 24.0. The van der Waals surface area contributed by atoms with Crippen molar-refractivity contribution in [1.82, 2.24) is 0 Å². The highest BCUT2D eigenvalue weighted by Gasteiger charge is 2.16. The molecule has 0 saturated carbocycles. The highest BCUT2D eigenvalue weighted by molar-refractivity contribution is 6.01. The maximum atomic E-state index is 12.5. The van der Waals surface area contributed by atoms with Crippen LogP contribution in [0.25, 0.3) is 0 Å². The van der Waals surface area contributed by atoms with Gasteiger partial charge in [-0.1, -0.05) is 0 Å². The summed E-state index contributed by atoms with van der Waals surface area (Å²) in [7, 11) is 3.05. The van der Waals surface area contributed by atoms with Crippen molar-refractivity contribution in [2.45, 2.75) is 26.4 Å². The predicted octanol–water partition coefficient (Wildman–Crippen LogP) is 3.37. The first-order valence-corrected chi connectivity index (χ1v) is 8.38. The maximum Gasteiger partial charge on any atom is 0.337 e. The van der Waals surface area contributed by atoms with Crippen molar-refractivity contribution in [3.05, 3.63) is 47.5 Å². The molecule has 0 aliphatic heterocycles. The summed E-state index contributed by atoms with van der Waals surface area (Å²) in [6.45, 7) is 3.69. The summed E-state index contributed by atoms with van der Waals surface area (Å²) in [5.74, 6) is 0.0417. The third-order valence-corrected chi connectivity index (χ3v) is 3.71. The average molecular weight is 373 g/mol. The Balaban J connectivity index is 2.21. The van der Waals surface area contributed by atoms with Gasteiger partial charge in [-0.3, -0.25) is 4.79 Å². The van der Waals surface area contributed by atoms with E-state index in [1.54, 1.807) is 24.3 Å². The Morgan fingerprint density at radius 3 is 2.33 bits per heavy atom. The molecule has 0 unspecified atom stereocenters. The van der Waals surface area contributed by atoms with Crippen LogP contribution in [0.5, 0.6) is 17.2 Å². The molecule has 2 rings (SSSR count). The molecule has 2 aromatic carbocycles. The van der Waals surface area contributed by atoms with Crippen molar-refractivity contribution in [3.8, 4) is 17.2 Å². The van der Waals surface area contributed by atoms with Gasteiger partial charge in [0.1, 0.15) is 17.2 Å². The molecule has 0 aromatic heterocycles. The minimum atomic E-state index is -1.15. The van der Waals surface area contributed by atoms with E-state index in [4.69, 9.17) is 14.2 Å². The smallest absolute Gasteiger partial charge is 0.337 e. The fourth-order valence-corrected chi connectivity index (χ4v) is 2.54. The Kier molecular flexibility index (Phi) is 6.65. The summed E-state index contributed by atoms with van der Waals surface area (Å²) < 4.78 is 15.9. The summed E-state index contributed by atoms with van der Waals surface area (Å²) in [5.41, 5.74) is 0.788. The van der Waals surface area contributed by atoms with Gasteiger partial charge in [-0.25, -0.2) is 4.79 Å². The van der Waals surface area contributed by atoms with Crippen LogP contribution in [0, 0.1) is 0 Å². The predicted molar refractivity (Wildman–Crippen MR) is 101 cm³/mol. The van der Waals surface area contributed by atoms with Crippen LogP contribution >= 0.6 is 0 Å². The molecule has 144 valence electrons. The second-order valence-electron chi connectivity index (χ2n) is 6.08. The maximum absolute atomic E-state index is 12.5. The van der Waals surface area contributed by atoms with Gasteiger partial charge < -0.3 is 24.6 Å². The molecule has 7 heteroatoms. The van der Waals surface area contributed by atoms with Gasteiger partial charge in [-0.05, 0) is 50.2 Å². The van der Waals surface area contributed by atoms with Crippen molar-refractivity contribution in [2.75, 3.05) is 19.5 Å². The Morgan fingerprint density at radius 2 is 1.74 bits per heavy atom. The molecule has 0 heterocycles. The molecule has 0 fully saturated rings. The normalized spacial score (nSPS) is 10.4. The number of anilines is 1. The van der Waals surface area contributed by atoms with Crippen LogP contribution in [-0.2, 0) is 11.2 Å². The average Bonchev–Trinajstić information content (AvgIpc) is 2.62. The number of carboxylic acids is 1. The van der Waals surface area contributed by atoms with Crippen LogP contribution < -0.4 is 19.5 Å². The van der Waals surface area contributed by atoms with Gasteiger partial charge in [0.05, 0.1) is 38.0 Å². The molecule has 1 amide bonds. The highest BCUT2D eigenvalue weighted by Crippen LogP contribution is 2.26. The molecule has 0 aliphatic carbocycles. The monoisotopic (exact) mass is 373 g/mol. The number of nitrogens with one attached hydrogen (secondary N) is 1. The number of carboxylic acid groups (broad SMARTS) is 1. The Hall–Kier alpha value is -3.22. The van der Waals surface area contributed by atoms with Crippen LogP contribution in [0.1, 0.15) is 29.8 Å². The lowest BCUT2D eigenvalue weighted by atomic mass is 10.1. The van der Waals surface area contributed by atoms with E-state index in [-0.39, 0.29) is 29.7 Å². The third kappa shape index (κ3) is 5.37. The van der Waals surface area contributed by atoms with Crippen LogP contribution in [0.4, 0.5) is 5.69 Å². The molecule has 2 aromatic rings. The lowest BCUT2D eigenvalue weighted by molar-refractivity contribution is -0.115. The summed E-state index contributed by atoms with van der Waals surface area (Å²) in [6, 6.07) is 9.68. The van der Waals surface area contributed by atoms with Crippen molar-refractivity contribution in [1.29, 1.82) is 0 Å². The van der Waals surface area contributed by atoms with Gasteiger partial charge in [-0.2, -0.15) is 0 Å². The fourth-order valence-electron chi connectivity index (χ4n) is 2.54. The van der Waals surface area contributed by atoms with Crippen LogP contribution in [0.3, 0.4) is 0 Å². The number of aromatic carboxylic acids is 1. The van der Waals surface area contributed by atoms with E-state index in [0.717, 1.165) is 0 Å². The minimum absolute atomic E-state index is 0.00365. The first-order chi connectivity index (χ1) is 12.8. The Bertz CT molecular complexity index is 831. The molecule has 0 atom stereocenters. The van der Waals surface area contributed by atoms with E-state index in [1.807, 2.05) is 13.8 Å². The van der Waals surface area contributed by atoms with E-state index in [1.165, 1.54) is 26.4 Å². The molecule has 0 radical (unpaired) electrons. The lowest BCUT2D eigenvalue weighted by Crippen LogP contribution is -2.17. The number of benzene rings is 2. The number of carbonyl (C=O) groups is 2. The number of hydrogen-bond donors (Lipinski definition) is 2. The number of rotatable bonds is 8. The number of hydrogen-bond acceptors (Lipinski definition) is 5. The van der Waals surface area contributed by atoms with Crippen molar-refractivity contribution >= 4 is 17.6 Å². The standard InChI is InChI=1S/C20H23NO6/c1-12(2)27-15-5-7-17(16(11-15)20(23)24)21-19(22)10-13-9-14(25-3)6-8-18(13)26-4/h5-9,11-12H,10H2,1-4H3,(H,21,22)(H,23,24). The summed E-state index contributed by atoms with van der Waals surface area (Å²) >= 11 is 0. The quantitative estimate of drug-likeness (QED) is 0.737. The molecule has 0 saturated heterocycles. The van der Waals surface area contributed by atoms with Gasteiger partial charge >= 0.3 is 5.97 Å². The molecule has 2 N–H and O–H groups in total. The van der Waals surface area contributed by atoms with Gasteiger partial charge in [-0.15, -0.1) is 0 Å². The largest absolute Gasteiger partial charge is 0.497 e.